The molecule has 4 atom stereocenters. The number of nitrogens with one attached hydrogen (secondary N) is 1. The van der Waals surface area contributed by atoms with Crippen molar-refractivity contribution in [3.8, 4) is 0 Å². The fourth-order valence-electron chi connectivity index (χ4n) is 4.80. The molecule has 1 fully saturated rings. The van der Waals surface area contributed by atoms with Gasteiger partial charge in [-0.3, -0.25) is 4.57 Å². The summed E-state index contributed by atoms with van der Waals surface area (Å²) in [6.45, 7) is 2.89. The third-order valence-electron chi connectivity index (χ3n) is 6.79. The van der Waals surface area contributed by atoms with Gasteiger partial charge in [0.05, 0.1) is 12.9 Å². The zero-order chi connectivity index (χ0) is 26.9. The zero-order valence-corrected chi connectivity index (χ0v) is 21.7. The first-order chi connectivity index (χ1) is 19.0. The van der Waals surface area contributed by atoms with Gasteiger partial charge < -0.3 is 20.3 Å². The topological polar surface area (TPSA) is 149 Å². The fourth-order valence-corrected chi connectivity index (χ4v) is 4.97. The van der Waals surface area contributed by atoms with E-state index in [0.717, 1.165) is 11.1 Å². The summed E-state index contributed by atoms with van der Waals surface area (Å²) in [4.78, 5) is 14.6. The number of hydrogen-bond donors (Lipinski definition) is 3. The summed E-state index contributed by atoms with van der Waals surface area (Å²) in [5.41, 5.74) is 3.09. The van der Waals surface area contributed by atoms with Crippen LogP contribution in [0.1, 0.15) is 42.1 Å². The Balaban J connectivity index is 1.30. The molecular weight excluding hydrogens is 522 g/mol. The SMILES string of the molecule is CCn1nnc(C2OC(n3cnc4c(NCC(c5ccccc5)c5ccccc5)nc(Cl)nc43)C(O)C2O)n1. The number of anilines is 1. The first kappa shape index (κ1) is 25.3. The van der Waals surface area contributed by atoms with E-state index >= 15 is 0 Å². The molecule has 5 aromatic rings. The number of nitrogens with zero attached hydrogens (tertiary/aromatic N) is 8. The van der Waals surface area contributed by atoms with Crippen LogP contribution >= 0.6 is 11.6 Å². The molecule has 0 spiro atoms. The van der Waals surface area contributed by atoms with E-state index in [2.05, 4.69) is 59.9 Å². The van der Waals surface area contributed by atoms with Gasteiger partial charge in [0.2, 0.25) is 11.1 Å². The molecule has 2 aromatic carbocycles. The third kappa shape index (κ3) is 4.83. The number of aromatic nitrogens is 8. The van der Waals surface area contributed by atoms with Crippen LogP contribution in [-0.4, -0.2) is 68.7 Å². The van der Waals surface area contributed by atoms with E-state index in [1.54, 1.807) is 0 Å². The van der Waals surface area contributed by atoms with Crippen molar-refractivity contribution in [2.45, 2.75) is 43.9 Å². The van der Waals surface area contributed by atoms with Crippen molar-refractivity contribution in [1.29, 1.82) is 0 Å². The number of fused-ring (bicyclic) bond motifs is 1. The Kier molecular flexibility index (Phi) is 6.92. The smallest absolute Gasteiger partial charge is 0.226 e. The van der Waals surface area contributed by atoms with Gasteiger partial charge in [-0.25, -0.2) is 4.98 Å². The van der Waals surface area contributed by atoms with Gasteiger partial charge in [0.1, 0.15) is 12.2 Å². The summed E-state index contributed by atoms with van der Waals surface area (Å²) in [7, 11) is 0. The van der Waals surface area contributed by atoms with Gasteiger partial charge in [0, 0.05) is 12.5 Å². The molecule has 39 heavy (non-hydrogen) atoms. The van der Waals surface area contributed by atoms with E-state index in [0.29, 0.717) is 30.1 Å². The maximum Gasteiger partial charge on any atom is 0.226 e. The number of benzene rings is 2. The standard InChI is InChI=1S/C26H26ClN9O3/c1-2-36-33-23(32-34-36)21-19(37)20(38)25(39-21)35-14-29-18-22(30-26(27)31-24(18)35)28-13-17(15-9-5-3-6-10-15)16-11-7-4-8-12-16/h3-12,14,17,19-21,25,37-38H,2,13H2,1H3,(H,28,30,31). The average molecular weight is 548 g/mol. The van der Waals surface area contributed by atoms with E-state index in [-0.39, 0.29) is 17.0 Å². The van der Waals surface area contributed by atoms with Crippen molar-refractivity contribution in [1.82, 2.24) is 39.7 Å². The lowest BCUT2D eigenvalue weighted by Gasteiger charge is -2.19. The van der Waals surface area contributed by atoms with Crippen molar-refractivity contribution in [2.75, 3.05) is 11.9 Å². The molecule has 3 N–H and O–H groups in total. The molecule has 4 unspecified atom stereocenters. The van der Waals surface area contributed by atoms with Crippen LogP contribution in [0.3, 0.4) is 0 Å². The Morgan fingerprint density at radius 1 is 1.00 bits per heavy atom. The summed E-state index contributed by atoms with van der Waals surface area (Å²) in [6.07, 6.45) is -3.09. The molecule has 12 nitrogen and oxygen atoms in total. The van der Waals surface area contributed by atoms with Gasteiger partial charge in [-0.2, -0.15) is 14.8 Å². The van der Waals surface area contributed by atoms with E-state index in [4.69, 9.17) is 16.3 Å². The minimum absolute atomic E-state index is 0.000127. The van der Waals surface area contributed by atoms with Gasteiger partial charge in [-0.1, -0.05) is 60.7 Å². The highest BCUT2D eigenvalue weighted by molar-refractivity contribution is 6.28. The van der Waals surface area contributed by atoms with Crippen LogP contribution in [0.2, 0.25) is 5.28 Å². The molecule has 200 valence electrons. The molecule has 1 aliphatic heterocycles. The second-order valence-electron chi connectivity index (χ2n) is 9.18. The average Bonchev–Trinajstić information content (AvgIpc) is 3.68. The van der Waals surface area contributed by atoms with E-state index < -0.39 is 24.5 Å². The third-order valence-corrected chi connectivity index (χ3v) is 6.96. The minimum Gasteiger partial charge on any atom is -0.387 e. The lowest BCUT2D eigenvalue weighted by Crippen LogP contribution is -2.29. The molecule has 0 aliphatic carbocycles. The first-order valence-corrected chi connectivity index (χ1v) is 12.9. The normalized spacial score (nSPS) is 21.2. The number of aliphatic hydroxyl groups excluding tert-OH is 2. The molecule has 3 aromatic heterocycles. The quantitative estimate of drug-likeness (QED) is 0.247. The van der Waals surface area contributed by atoms with Gasteiger partial charge in [0.15, 0.2) is 29.3 Å². The van der Waals surface area contributed by atoms with Crippen LogP contribution in [0, 0.1) is 0 Å². The van der Waals surface area contributed by atoms with Crippen molar-refractivity contribution in [2.24, 2.45) is 0 Å². The van der Waals surface area contributed by atoms with Gasteiger partial charge in [0.25, 0.3) is 0 Å². The Morgan fingerprint density at radius 3 is 2.33 bits per heavy atom. The minimum atomic E-state index is -1.30. The Hall–Kier alpha value is -3.97. The largest absolute Gasteiger partial charge is 0.387 e. The fraction of sp³-hybridized carbons (Fsp3) is 0.308. The van der Waals surface area contributed by atoms with Gasteiger partial charge >= 0.3 is 0 Å². The van der Waals surface area contributed by atoms with Crippen LogP contribution in [0.15, 0.2) is 67.0 Å². The molecular formula is C26H26ClN9O3. The number of hydrogen-bond acceptors (Lipinski definition) is 10. The first-order valence-electron chi connectivity index (χ1n) is 12.6. The second kappa shape index (κ2) is 10.7. The molecule has 0 amide bonds. The highest BCUT2D eigenvalue weighted by atomic mass is 35.5. The van der Waals surface area contributed by atoms with E-state index in [9.17, 15) is 10.2 Å². The number of aryl methyl sites for hydroxylation is 1. The van der Waals surface area contributed by atoms with Gasteiger partial charge in [-0.05, 0) is 34.9 Å². The number of ether oxygens (including phenoxy) is 1. The van der Waals surface area contributed by atoms with Crippen LogP contribution in [0.25, 0.3) is 11.2 Å². The zero-order valence-electron chi connectivity index (χ0n) is 20.9. The van der Waals surface area contributed by atoms with Crippen molar-refractivity contribution in [3.05, 3.63) is 89.2 Å². The highest BCUT2D eigenvalue weighted by Crippen LogP contribution is 2.39. The molecule has 4 heterocycles. The summed E-state index contributed by atoms with van der Waals surface area (Å²) < 4.78 is 7.52. The Bertz CT molecular complexity index is 1520. The van der Waals surface area contributed by atoms with E-state index in [1.165, 1.54) is 15.7 Å². The number of rotatable bonds is 8. The predicted octanol–water partition coefficient (Wildman–Crippen LogP) is 2.72. The molecule has 6 rings (SSSR count). The maximum atomic E-state index is 10.9. The van der Waals surface area contributed by atoms with Crippen LogP contribution in [0.5, 0.6) is 0 Å². The summed E-state index contributed by atoms with van der Waals surface area (Å²) in [5.74, 6) is 0.661. The lowest BCUT2D eigenvalue weighted by atomic mass is 9.91. The predicted molar refractivity (Wildman–Crippen MR) is 142 cm³/mol. The second-order valence-corrected chi connectivity index (χ2v) is 9.52. The van der Waals surface area contributed by atoms with Crippen LogP contribution in [0.4, 0.5) is 5.82 Å². The lowest BCUT2D eigenvalue weighted by molar-refractivity contribution is -0.0384. The molecule has 0 bridgehead atoms. The number of halogens is 1. The Labute approximate surface area is 228 Å². The van der Waals surface area contributed by atoms with Crippen LogP contribution < -0.4 is 5.32 Å². The monoisotopic (exact) mass is 547 g/mol. The van der Waals surface area contributed by atoms with Crippen LogP contribution in [-0.2, 0) is 11.3 Å². The molecule has 1 aliphatic rings. The number of tetrazole rings is 1. The van der Waals surface area contributed by atoms with Crippen molar-refractivity contribution in [3.63, 3.8) is 0 Å². The Morgan fingerprint density at radius 2 is 1.69 bits per heavy atom. The summed E-state index contributed by atoms with van der Waals surface area (Å²) >= 11 is 6.33. The summed E-state index contributed by atoms with van der Waals surface area (Å²) in [6, 6.07) is 20.4. The van der Waals surface area contributed by atoms with Crippen molar-refractivity contribution < 1.29 is 14.9 Å². The molecule has 13 heteroatoms. The maximum absolute atomic E-state index is 10.9. The molecule has 0 saturated carbocycles. The van der Waals surface area contributed by atoms with Gasteiger partial charge in [-0.15, -0.1) is 10.2 Å². The summed E-state index contributed by atoms with van der Waals surface area (Å²) in [5, 5.41) is 37.0. The van der Waals surface area contributed by atoms with Crippen molar-refractivity contribution >= 4 is 28.6 Å². The highest BCUT2D eigenvalue weighted by Gasteiger charge is 2.47. The number of imidazole rings is 1. The van der Waals surface area contributed by atoms with E-state index in [1.807, 2.05) is 43.3 Å². The number of aliphatic hydroxyl groups is 2. The molecule has 0 radical (unpaired) electrons. The molecule has 1 saturated heterocycles.